The van der Waals surface area contributed by atoms with Gasteiger partial charge in [-0.25, -0.2) is 0 Å². The van der Waals surface area contributed by atoms with Crippen LogP contribution in [0.3, 0.4) is 0 Å². The van der Waals surface area contributed by atoms with Crippen molar-refractivity contribution in [3.05, 3.63) is 35.5 Å². The van der Waals surface area contributed by atoms with E-state index in [2.05, 4.69) is 41.2 Å². The van der Waals surface area contributed by atoms with Gasteiger partial charge in [0.2, 0.25) is 5.91 Å². The van der Waals surface area contributed by atoms with Crippen LogP contribution in [0.25, 0.3) is 10.9 Å². The van der Waals surface area contributed by atoms with Gasteiger partial charge in [-0.05, 0) is 24.5 Å². The summed E-state index contributed by atoms with van der Waals surface area (Å²) >= 11 is 0. The Bertz CT molecular complexity index is 717. The van der Waals surface area contributed by atoms with Gasteiger partial charge in [-0.3, -0.25) is 9.69 Å². The number of nitrogens with one attached hydrogen (secondary N) is 2. The van der Waals surface area contributed by atoms with Crippen molar-refractivity contribution >= 4 is 16.8 Å². The van der Waals surface area contributed by atoms with Crippen LogP contribution in [0, 0.1) is 12.8 Å². The maximum atomic E-state index is 12.5. The van der Waals surface area contributed by atoms with Gasteiger partial charge < -0.3 is 15.0 Å². The predicted molar refractivity (Wildman–Crippen MR) is 101 cm³/mol. The summed E-state index contributed by atoms with van der Waals surface area (Å²) in [6.07, 6.45) is 0.420. The van der Waals surface area contributed by atoms with Crippen molar-refractivity contribution in [2.75, 3.05) is 32.8 Å². The van der Waals surface area contributed by atoms with Crippen LogP contribution in [-0.4, -0.2) is 54.7 Å². The maximum absolute atomic E-state index is 12.5. The van der Waals surface area contributed by atoms with Crippen molar-refractivity contribution in [1.29, 1.82) is 0 Å². The molecule has 1 amide bonds. The minimum absolute atomic E-state index is 0.0896. The van der Waals surface area contributed by atoms with Crippen molar-refractivity contribution in [1.82, 2.24) is 15.2 Å². The maximum Gasteiger partial charge on any atom is 0.224 e. The summed E-state index contributed by atoms with van der Waals surface area (Å²) < 4.78 is 5.45. The highest BCUT2D eigenvalue weighted by molar-refractivity contribution is 5.90. The highest BCUT2D eigenvalue weighted by Gasteiger charge is 2.24. The van der Waals surface area contributed by atoms with Gasteiger partial charge in [0.05, 0.1) is 19.6 Å². The number of carbonyl (C=O) groups excluding carboxylic acids is 1. The smallest absolute Gasteiger partial charge is 0.224 e. The Balaban J connectivity index is 1.62. The van der Waals surface area contributed by atoms with Crippen LogP contribution in [-0.2, 0) is 16.0 Å². The Hall–Kier alpha value is -1.85. The largest absolute Gasteiger partial charge is 0.379 e. The van der Waals surface area contributed by atoms with Crippen molar-refractivity contribution < 1.29 is 9.53 Å². The first-order chi connectivity index (χ1) is 12.1. The number of aromatic nitrogens is 1. The fourth-order valence-corrected chi connectivity index (χ4v) is 3.70. The number of aromatic amines is 1. The molecular weight excluding hydrogens is 314 g/mol. The highest BCUT2D eigenvalue weighted by Crippen LogP contribution is 2.22. The number of morpholine rings is 1. The molecule has 1 aliphatic heterocycles. The van der Waals surface area contributed by atoms with Gasteiger partial charge in [-0.15, -0.1) is 0 Å². The molecule has 0 unspecified atom stereocenters. The summed E-state index contributed by atoms with van der Waals surface area (Å²) in [5.41, 5.74) is 3.27. The fraction of sp³-hybridized carbons (Fsp3) is 0.550. The number of hydrogen-bond acceptors (Lipinski definition) is 3. The molecule has 1 saturated heterocycles. The zero-order chi connectivity index (χ0) is 17.8. The van der Waals surface area contributed by atoms with Crippen molar-refractivity contribution in [3.63, 3.8) is 0 Å². The second-order valence-corrected chi connectivity index (χ2v) is 7.21. The number of carbonyl (C=O) groups is 1. The molecule has 0 spiro atoms. The van der Waals surface area contributed by atoms with E-state index >= 15 is 0 Å². The van der Waals surface area contributed by atoms with E-state index in [-0.39, 0.29) is 5.91 Å². The van der Waals surface area contributed by atoms with Gasteiger partial charge in [0, 0.05) is 42.3 Å². The minimum Gasteiger partial charge on any atom is -0.379 e. The van der Waals surface area contributed by atoms with Gasteiger partial charge in [-0.2, -0.15) is 0 Å². The molecule has 0 saturated carbocycles. The normalized spacial score (nSPS) is 17.1. The van der Waals surface area contributed by atoms with Gasteiger partial charge >= 0.3 is 0 Å². The lowest BCUT2D eigenvalue weighted by atomic mass is 10.0. The molecule has 1 fully saturated rings. The number of ether oxygens (including phenoxy) is 1. The molecule has 1 aliphatic rings. The molecule has 1 aromatic carbocycles. The van der Waals surface area contributed by atoms with E-state index in [1.807, 2.05) is 19.1 Å². The Morgan fingerprint density at radius 1 is 1.28 bits per heavy atom. The van der Waals surface area contributed by atoms with Gasteiger partial charge in [-0.1, -0.05) is 32.0 Å². The molecule has 2 aromatic rings. The first-order valence-electron chi connectivity index (χ1n) is 9.21. The number of fused-ring (bicyclic) bond motifs is 1. The van der Waals surface area contributed by atoms with Crippen LogP contribution in [0.2, 0.25) is 0 Å². The number of H-pyrrole nitrogens is 1. The van der Waals surface area contributed by atoms with Crippen LogP contribution in [0.5, 0.6) is 0 Å². The first-order valence-corrected chi connectivity index (χ1v) is 9.21. The predicted octanol–water partition coefficient (Wildman–Crippen LogP) is 2.49. The monoisotopic (exact) mass is 343 g/mol. The zero-order valence-corrected chi connectivity index (χ0v) is 15.5. The molecule has 5 heteroatoms. The number of amides is 1. The average Bonchev–Trinajstić information content (AvgIpc) is 2.91. The Morgan fingerprint density at radius 3 is 2.72 bits per heavy atom. The third-order valence-electron chi connectivity index (χ3n) is 5.16. The molecule has 1 atom stereocenters. The summed E-state index contributed by atoms with van der Waals surface area (Å²) in [7, 11) is 0. The van der Waals surface area contributed by atoms with Gasteiger partial charge in [0.1, 0.15) is 0 Å². The lowest BCUT2D eigenvalue weighted by Crippen LogP contribution is -2.51. The SMILES string of the molecule is Cc1[nH]c2ccccc2c1CC(=O)NC[C@@H](C(C)C)N1CCOCC1. The van der Waals surface area contributed by atoms with Crippen LogP contribution in [0.4, 0.5) is 0 Å². The van der Waals surface area contributed by atoms with E-state index in [1.165, 1.54) is 0 Å². The molecule has 3 rings (SSSR count). The topological polar surface area (TPSA) is 57.4 Å². The van der Waals surface area contributed by atoms with Crippen molar-refractivity contribution in [3.8, 4) is 0 Å². The second-order valence-electron chi connectivity index (χ2n) is 7.21. The lowest BCUT2D eigenvalue weighted by molar-refractivity contribution is -0.120. The molecule has 5 nitrogen and oxygen atoms in total. The highest BCUT2D eigenvalue weighted by atomic mass is 16.5. The molecule has 0 radical (unpaired) electrons. The molecule has 0 aliphatic carbocycles. The van der Waals surface area contributed by atoms with Crippen molar-refractivity contribution in [2.24, 2.45) is 5.92 Å². The average molecular weight is 343 g/mol. The Kier molecular flexibility index (Phi) is 5.76. The van der Waals surface area contributed by atoms with Crippen LogP contribution < -0.4 is 5.32 Å². The summed E-state index contributed by atoms with van der Waals surface area (Å²) in [6, 6.07) is 8.52. The minimum atomic E-state index is 0.0896. The van der Waals surface area contributed by atoms with E-state index in [4.69, 9.17) is 4.74 Å². The van der Waals surface area contributed by atoms with Crippen LogP contribution in [0.15, 0.2) is 24.3 Å². The standard InChI is InChI=1S/C20H29N3O2/c1-14(2)19(23-8-10-25-11-9-23)13-21-20(24)12-17-15(3)22-18-7-5-4-6-16(17)18/h4-7,14,19,22H,8-13H2,1-3H3,(H,21,24)/t19-/m0/s1. The number of rotatable bonds is 6. The number of para-hydroxylation sites is 1. The molecular formula is C20H29N3O2. The first kappa shape index (κ1) is 18.0. The summed E-state index contributed by atoms with van der Waals surface area (Å²) in [4.78, 5) is 18.3. The lowest BCUT2D eigenvalue weighted by Gasteiger charge is -2.36. The van der Waals surface area contributed by atoms with Crippen molar-refractivity contribution in [2.45, 2.75) is 33.2 Å². The third kappa shape index (κ3) is 4.22. The summed E-state index contributed by atoms with van der Waals surface area (Å²) in [5.74, 6) is 0.583. The molecule has 25 heavy (non-hydrogen) atoms. The molecule has 2 N–H and O–H groups in total. The summed E-state index contributed by atoms with van der Waals surface area (Å²) in [5, 5.41) is 4.30. The van der Waals surface area contributed by atoms with Crippen LogP contribution >= 0.6 is 0 Å². The Morgan fingerprint density at radius 2 is 2.00 bits per heavy atom. The number of nitrogens with zero attached hydrogens (tertiary/aromatic N) is 1. The molecule has 2 heterocycles. The van der Waals surface area contributed by atoms with Gasteiger partial charge in [0.25, 0.3) is 0 Å². The summed E-state index contributed by atoms with van der Waals surface area (Å²) in [6.45, 7) is 10.6. The van der Waals surface area contributed by atoms with E-state index < -0.39 is 0 Å². The molecule has 0 bridgehead atoms. The fourth-order valence-electron chi connectivity index (χ4n) is 3.70. The van der Waals surface area contributed by atoms with E-state index in [0.717, 1.165) is 48.5 Å². The zero-order valence-electron chi connectivity index (χ0n) is 15.5. The Labute approximate surface area is 149 Å². The number of aryl methyl sites for hydroxylation is 1. The molecule has 136 valence electrons. The molecule has 1 aromatic heterocycles. The van der Waals surface area contributed by atoms with E-state index in [9.17, 15) is 4.79 Å². The van der Waals surface area contributed by atoms with E-state index in [0.29, 0.717) is 24.9 Å². The quantitative estimate of drug-likeness (QED) is 0.847. The van der Waals surface area contributed by atoms with E-state index in [1.54, 1.807) is 0 Å². The van der Waals surface area contributed by atoms with Crippen LogP contribution in [0.1, 0.15) is 25.1 Å². The third-order valence-corrected chi connectivity index (χ3v) is 5.16. The van der Waals surface area contributed by atoms with Gasteiger partial charge in [0.15, 0.2) is 0 Å². The number of hydrogen-bond donors (Lipinski definition) is 2. The second kappa shape index (κ2) is 8.02. The number of benzene rings is 1.